The van der Waals surface area contributed by atoms with Crippen molar-refractivity contribution in [1.29, 1.82) is 0 Å². The molecule has 0 spiro atoms. The number of nitrogens with one attached hydrogen (secondary N) is 2. The van der Waals surface area contributed by atoms with Crippen molar-refractivity contribution in [2.24, 2.45) is 0 Å². The molecule has 2 atom stereocenters. The minimum atomic E-state index is -3.88. The number of fused-ring (bicyclic) bond motifs is 1. The molecular formula is C13H16N2O6S2. The lowest BCUT2D eigenvalue weighted by molar-refractivity contribution is -0.122. The molecule has 1 aromatic carbocycles. The summed E-state index contributed by atoms with van der Waals surface area (Å²) in [6.45, 7) is 1.59. The van der Waals surface area contributed by atoms with E-state index in [0.717, 1.165) is 0 Å². The Morgan fingerprint density at radius 1 is 1.35 bits per heavy atom. The van der Waals surface area contributed by atoms with Gasteiger partial charge in [-0.1, -0.05) is 0 Å². The molecule has 2 N–H and O–H groups in total. The van der Waals surface area contributed by atoms with Gasteiger partial charge in [0, 0.05) is 6.04 Å². The summed E-state index contributed by atoms with van der Waals surface area (Å²) in [6.07, 6.45) is -0.393. The largest absolute Gasteiger partial charge is 0.479 e. The van der Waals surface area contributed by atoms with Crippen molar-refractivity contribution in [1.82, 2.24) is 4.72 Å². The second-order valence-electron chi connectivity index (χ2n) is 5.63. The van der Waals surface area contributed by atoms with E-state index in [1.165, 1.54) is 18.2 Å². The molecule has 2 heterocycles. The molecule has 0 aromatic heterocycles. The number of sulfone groups is 1. The average Bonchev–Trinajstić information content (AvgIpc) is 2.78. The van der Waals surface area contributed by atoms with Gasteiger partial charge >= 0.3 is 0 Å². The van der Waals surface area contributed by atoms with Crippen LogP contribution in [-0.4, -0.2) is 46.4 Å². The van der Waals surface area contributed by atoms with Crippen LogP contribution in [0.5, 0.6) is 5.75 Å². The van der Waals surface area contributed by atoms with E-state index < -0.39 is 32.0 Å². The summed E-state index contributed by atoms with van der Waals surface area (Å²) in [5, 5.41) is 2.58. The van der Waals surface area contributed by atoms with Gasteiger partial charge in [-0.2, -0.15) is 0 Å². The number of sulfonamides is 1. The number of hydrogen-bond donors (Lipinski definition) is 2. The molecular weight excluding hydrogens is 344 g/mol. The Labute approximate surface area is 134 Å². The Hall–Kier alpha value is -1.65. The number of rotatable bonds is 3. The van der Waals surface area contributed by atoms with Crippen LogP contribution in [0.25, 0.3) is 0 Å². The van der Waals surface area contributed by atoms with E-state index in [1.54, 1.807) is 6.92 Å². The SMILES string of the molecule is C[C@H]1Oc2ccc(S(=O)(=O)N[C@@H]3CCS(=O)(=O)C3)cc2NC1=O. The lowest BCUT2D eigenvalue weighted by Gasteiger charge is -2.23. The number of amides is 1. The Morgan fingerprint density at radius 2 is 2.09 bits per heavy atom. The lowest BCUT2D eigenvalue weighted by atomic mass is 10.2. The summed E-state index contributed by atoms with van der Waals surface area (Å²) < 4.78 is 55.3. The quantitative estimate of drug-likeness (QED) is 0.775. The number of hydrogen-bond acceptors (Lipinski definition) is 6. The van der Waals surface area contributed by atoms with Crippen LogP contribution >= 0.6 is 0 Å². The number of anilines is 1. The Bertz CT molecular complexity index is 862. The molecule has 3 rings (SSSR count). The molecule has 10 heteroatoms. The van der Waals surface area contributed by atoms with E-state index in [9.17, 15) is 21.6 Å². The van der Waals surface area contributed by atoms with E-state index in [0.29, 0.717) is 5.75 Å². The van der Waals surface area contributed by atoms with Crippen molar-refractivity contribution in [3.63, 3.8) is 0 Å². The number of carbonyl (C=O) groups excluding carboxylic acids is 1. The van der Waals surface area contributed by atoms with E-state index >= 15 is 0 Å². The first-order valence-electron chi connectivity index (χ1n) is 7.01. The molecule has 1 amide bonds. The first-order valence-corrected chi connectivity index (χ1v) is 10.3. The van der Waals surface area contributed by atoms with Gasteiger partial charge in [-0.3, -0.25) is 4.79 Å². The normalized spacial score (nSPS) is 26.2. The number of benzene rings is 1. The van der Waals surface area contributed by atoms with Crippen LogP contribution in [0.4, 0.5) is 5.69 Å². The smallest absolute Gasteiger partial charge is 0.265 e. The molecule has 8 nitrogen and oxygen atoms in total. The lowest BCUT2D eigenvalue weighted by Crippen LogP contribution is -2.36. The van der Waals surface area contributed by atoms with E-state index in [4.69, 9.17) is 4.74 Å². The monoisotopic (exact) mass is 360 g/mol. The first-order chi connectivity index (χ1) is 10.7. The number of carbonyl (C=O) groups is 1. The third-order valence-corrected chi connectivity index (χ3v) is 7.03. The predicted octanol–water partition coefficient (Wildman–Crippen LogP) is -0.129. The van der Waals surface area contributed by atoms with Crippen molar-refractivity contribution in [3.8, 4) is 5.75 Å². The summed E-state index contributed by atoms with van der Waals surface area (Å²) in [5.74, 6) is -0.192. The molecule has 23 heavy (non-hydrogen) atoms. The van der Waals surface area contributed by atoms with Gasteiger partial charge in [0.15, 0.2) is 15.9 Å². The van der Waals surface area contributed by atoms with Gasteiger partial charge in [-0.25, -0.2) is 21.6 Å². The second kappa shape index (κ2) is 5.46. The van der Waals surface area contributed by atoms with Gasteiger partial charge in [0.05, 0.1) is 22.1 Å². The molecule has 1 fully saturated rings. The molecule has 0 aliphatic carbocycles. The Balaban J connectivity index is 1.84. The van der Waals surface area contributed by atoms with Crippen molar-refractivity contribution in [3.05, 3.63) is 18.2 Å². The van der Waals surface area contributed by atoms with Gasteiger partial charge in [-0.05, 0) is 31.5 Å². The maximum Gasteiger partial charge on any atom is 0.265 e. The molecule has 126 valence electrons. The van der Waals surface area contributed by atoms with Crippen LogP contribution in [0.15, 0.2) is 23.1 Å². The fraction of sp³-hybridized carbons (Fsp3) is 0.462. The highest BCUT2D eigenvalue weighted by atomic mass is 32.2. The zero-order valence-electron chi connectivity index (χ0n) is 12.3. The fourth-order valence-electron chi connectivity index (χ4n) is 2.53. The zero-order chi connectivity index (χ0) is 16.8. The second-order valence-corrected chi connectivity index (χ2v) is 9.57. The van der Waals surface area contributed by atoms with Crippen LogP contribution in [0.2, 0.25) is 0 Å². The summed E-state index contributed by atoms with van der Waals surface area (Å²) >= 11 is 0. The Morgan fingerprint density at radius 3 is 2.74 bits per heavy atom. The summed E-state index contributed by atoms with van der Waals surface area (Å²) in [6, 6.07) is 3.48. The fourth-order valence-corrected chi connectivity index (χ4v) is 5.61. The predicted molar refractivity (Wildman–Crippen MR) is 82.5 cm³/mol. The Kier molecular flexibility index (Phi) is 3.85. The molecule has 0 unspecified atom stereocenters. The third kappa shape index (κ3) is 3.33. The van der Waals surface area contributed by atoms with E-state index in [2.05, 4.69) is 10.0 Å². The van der Waals surface area contributed by atoms with Gasteiger partial charge in [0.2, 0.25) is 10.0 Å². The van der Waals surface area contributed by atoms with E-state index in [1.807, 2.05) is 0 Å². The van der Waals surface area contributed by atoms with Gasteiger partial charge in [0.25, 0.3) is 5.91 Å². The molecule has 0 radical (unpaired) electrons. The number of ether oxygens (including phenoxy) is 1. The van der Waals surface area contributed by atoms with Gasteiger partial charge < -0.3 is 10.1 Å². The van der Waals surface area contributed by atoms with Gasteiger partial charge in [-0.15, -0.1) is 0 Å². The van der Waals surface area contributed by atoms with Crippen LogP contribution in [0, 0.1) is 0 Å². The van der Waals surface area contributed by atoms with E-state index in [-0.39, 0.29) is 34.4 Å². The minimum Gasteiger partial charge on any atom is -0.479 e. The van der Waals surface area contributed by atoms with Crippen molar-refractivity contribution < 1.29 is 26.4 Å². The molecule has 1 aromatic rings. The summed E-state index contributed by atoms with van der Waals surface area (Å²) in [5.41, 5.74) is 0.273. The van der Waals surface area contributed by atoms with Crippen molar-refractivity contribution in [2.45, 2.75) is 30.4 Å². The van der Waals surface area contributed by atoms with Crippen LogP contribution < -0.4 is 14.8 Å². The maximum atomic E-state index is 12.4. The molecule has 2 aliphatic rings. The highest BCUT2D eigenvalue weighted by Crippen LogP contribution is 2.32. The molecule has 0 saturated carbocycles. The average molecular weight is 360 g/mol. The zero-order valence-corrected chi connectivity index (χ0v) is 13.9. The minimum absolute atomic E-state index is 0.0217. The van der Waals surface area contributed by atoms with Crippen LogP contribution in [-0.2, 0) is 24.7 Å². The molecule has 0 bridgehead atoms. The highest BCUT2D eigenvalue weighted by Gasteiger charge is 2.32. The van der Waals surface area contributed by atoms with Crippen molar-refractivity contribution >= 4 is 31.5 Å². The topological polar surface area (TPSA) is 119 Å². The summed E-state index contributed by atoms with van der Waals surface area (Å²) in [7, 11) is -7.06. The van der Waals surface area contributed by atoms with Crippen molar-refractivity contribution in [2.75, 3.05) is 16.8 Å². The summed E-state index contributed by atoms with van der Waals surface area (Å²) in [4.78, 5) is 11.5. The maximum absolute atomic E-state index is 12.4. The third-order valence-electron chi connectivity index (χ3n) is 3.75. The standard InChI is InChI=1S/C13H16N2O6S2/c1-8-13(16)14-11-6-10(2-3-12(11)21-8)23(19,20)15-9-4-5-22(17,18)7-9/h2-3,6,8-9,15H,4-5,7H2,1H3,(H,14,16)/t8-,9-/m1/s1. The van der Waals surface area contributed by atoms with Crippen LogP contribution in [0.1, 0.15) is 13.3 Å². The van der Waals surface area contributed by atoms with Crippen LogP contribution in [0.3, 0.4) is 0 Å². The first kappa shape index (κ1) is 16.2. The highest BCUT2D eigenvalue weighted by molar-refractivity contribution is 7.92. The molecule has 1 saturated heterocycles. The van der Waals surface area contributed by atoms with Gasteiger partial charge in [0.1, 0.15) is 5.75 Å². The molecule has 2 aliphatic heterocycles.